The molecule has 0 saturated heterocycles. The molecule has 0 amide bonds. The first-order chi connectivity index (χ1) is 8.55. The first-order valence-corrected chi connectivity index (χ1v) is 5.07. The molecule has 0 unspecified atom stereocenters. The van der Waals surface area contributed by atoms with Gasteiger partial charge in [0.05, 0.1) is 5.56 Å². The van der Waals surface area contributed by atoms with Crippen LogP contribution in [0.5, 0.6) is 0 Å². The molecule has 7 heteroatoms. The van der Waals surface area contributed by atoms with Gasteiger partial charge in [0.2, 0.25) is 0 Å². The molecule has 0 saturated carbocycles. The number of anilines is 1. The predicted molar refractivity (Wildman–Crippen MR) is 58.6 cm³/mol. The Hall–Kier alpha value is -2.18. The van der Waals surface area contributed by atoms with Crippen LogP contribution in [0.3, 0.4) is 0 Å². The molecule has 0 aliphatic carbocycles. The minimum absolute atomic E-state index is 0.161. The Morgan fingerprint density at radius 2 is 1.89 bits per heavy atom. The molecular formula is C11H9F3N4. The van der Waals surface area contributed by atoms with Gasteiger partial charge in [-0.3, -0.25) is 0 Å². The van der Waals surface area contributed by atoms with Gasteiger partial charge in [0.15, 0.2) is 0 Å². The second-order valence-corrected chi connectivity index (χ2v) is 3.53. The highest BCUT2D eigenvalue weighted by Crippen LogP contribution is 2.29. The maximum Gasteiger partial charge on any atom is 0.416 e. The fourth-order valence-electron chi connectivity index (χ4n) is 1.32. The van der Waals surface area contributed by atoms with Gasteiger partial charge in [0, 0.05) is 30.7 Å². The zero-order valence-electron chi connectivity index (χ0n) is 9.15. The molecule has 0 atom stereocenters. The number of rotatable bonds is 3. The lowest BCUT2D eigenvalue weighted by Crippen LogP contribution is -2.07. The van der Waals surface area contributed by atoms with Crippen LogP contribution in [0.1, 0.15) is 11.1 Å². The van der Waals surface area contributed by atoms with E-state index in [4.69, 9.17) is 0 Å². The lowest BCUT2D eigenvalue weighted by molar-refractivity contribution is -0.137. The van der Waals surface area contributed by atoms with E-state index < -0.39 is 11.7 Å². The highest BCUT2D eigenvalue weighted by atomic mass is 19.4. The van der Waals surface area contributed by atoms with E-state index in [2.05, 4.69) is 20.3 Å². The van der Waals surface area contributed by atoms with Crippen LogP contribution in [0, 0.1) is 0 Å². The molecule has 2 rings (SSSR count). The second-order valence-electron chi connectivity index (χ2n) is 3.53. The Bertz CT molecular complexity index is 513. The Balaban J connectivity index is 2.06. The van der Waals surface area contributed by atoms with Crippen LogP contribution in [0.4, 0.5) is 19.0 Å². The van der Waals surface area contributed by atoms with Gasteiger partial charge in [-0.25, -0.2) is 15.0 Å². The number of hydrogen-bond donors (Lipinski definition) is 1. The molecule has 0 radical (unpaired) electrons. The Morgan fingerprint density at radius 1 is 1.17 bits per heavy atom. The van der Waals surface area contributed by atoms with E-state index in [1.54, 1.807) is 12.4 Å². The standard InChI is InChI=1S/C11H9F3N4/c12-11(13,14)9-1-2-17-10(3-9)18-6-8-4-15-7-16-5-8/h1-5,7H,6H2,(H,17,18). The summed E-state index contributed by atoms with van der Waals surface area (Å²) < 4.78 is 37.4. The van der Waals surface area contributed by atoms with Crippen LogP contribution in [-0.4, -0.2) is 15.0 Å². The summed E-state index contributed by atoms with van der Waals surface area (Å²) in [5.74, 6) is 0.161. The number of alkyl halides is 3. The summed E-state index contributed by atoms with van der Waals surface area (Å²) in [5, 5.41) is 2.78. The second kappa shape index (κ2) is 4.99. The van der Waals surface area contributed by atoms with Crippen molar-refractivity contribution in [3.8, 4) is 0 Å². The third kappa shape index (κ3) is 3.16. The monoisotopic (exact) mass is 254 g/mol. The first-order valence-electron chi connectivity index (χ1n) is 5.07. The molecule has 94 valence electrons. The summed E-state index contributed by atoms with van der Waals surface area (Å²) in [7, 11) is 0. The lowest BCUT2D eigenvalue weighted by Gasteiger charge is -2.09. The summed E-state index contributed by atoms with van der Waals surface area (Å²) in [6.07, 6.45) is 1.29. The van der Waals surface area contributed by atoms with E-state index in [0.717, 1.165) is 23.9 Å². The lowest BCUT2D eigenvalue weighted by atomic mass is 10.2. The largest absolute Gasteiger partial charge is 0.416 e. The predicted octanol–water partition coefficient (Wildman–Crippen LogP) is 2.50. The zero-order chi connectivity index (χ0) is 13.0. The average molecular weight is 254 g/mol. The van der Waals surface area contributed by atoms with Crippen molar-refractivity contribution in [3.63, 3.8) is 0 Å². The third-order valence-electron chi connectivity index (χ3n) is 2.17. The van der Waals surface area contributed by atoms with Crippen molar-refractivity contribution in [3.05, 3.63) is 48.2 Å². The van der Waals surface area contributed by atoms with Gasteiger partial charge in [0.1, 0.15) is 12.1 Å². The zero-order valence-corrected chi connectivity index (χ0v) is 9.15. The molecule has 0 bridgehead atoms. The molecule has 2 heterocycles. The summed E-state index contributed by atoms with van der Waals surface area (Å²) in [6, 6.07) is 1.89. The van der Waals surface area contributed by atoms with E-state index in [1.165, 1.54) is 6.33 Å². The molecule has 0 aliphatic rings. The minimum atomic E-state index is -4.37. The van der Waals surface area contributed by atoms with E-state index in [9.17, 15) is 13.2 Å². The summed E-state index contributed by atoms with van der Waals surface area (Å²) in [4.78, 5) is 11.4. The third-order valence-corrected chi connectivity index (χ3v) is 2.17. The van der Waals surface area contributed by atoms with Gasteiger partial charge < -0.3 is 5.32 Å². The average Bonchev–Trinajstić information content (AvgIpc) is 2.37. The molecule has 1 N–H and O–H groups in total. The van der Waals surface area contributed by atoms with Gasteiger partial charge in [-0.2, -0.15) is 13.2 Å². The molecule has 4 nitrogen and oxygen atoms in total. The molecule has 2 aromatic heterocycles. The van der Waals surface area contributed by atoms with Crippen molar-refractivity contribution in [1.82, 2.24) is 15.0 Å². The van der Waals surface area contributed by atoms with Crippen molar-refractivity contribution in [2.45, 2.75) is 12.7 Å². The van der Waals surface area contributed by atoms with Crippen LogP contribution in [0.2, 0.25) is 0 Å². The van der Waals surface area contributed by atoms with Crippen LogP contribution in [-0.2, 0) is 12.7 Å². The van der Waals surface area contributed by atoms with Gasteiger partial charge in [0.25, 0.3) is 0 Å². The Labute approximate surface area is 101 Å². The fraction of sp³-hybridized carbons (Fsp3) is 0.182. The molecule has 0 aliphatic heterocycles. The summed E-state index contributed by atoms with van der Waals surface area (Å²) in [6.45, 7) is 0.315. The number of pyridine rings is 1. The molecule has 18 heavy (non-hydrogen) atoms. The molecule has 0 fully saturated rings. The highest BCUT2D eigenvalue weighted by Gasteiger charge is 2.30. The van der Waals surface area contributed by atoms with Gasteiger partial charge >= 0.3 is 6.18 Å². The number of nitrogens with one attached hydrogen (secondary N) is 1. The Kier molecular flexibility index (Phi) is 3.40. The maximum atomic E-state index is 12.5. The van der Waals surface area contributed by atoms with Gasteiger partial charge in [-0.1, -0.05) is 0 Å². The molecule has 0 spiro atoms. The van der Waals surface area contributed by atoms with Crippen LogP contribution in [0.15, 0.2) is 37.1 Å². The SMILES string of the molecule is FC(F)(F)c1ccnc(NCc2cncnc2)c1. The number of nitrogens with zero attached hydrogens (tertiary/aromatic N) is 3. The van der Waals surface area contributed by atoms with Crippen LogP contribution in [0.25, 0.3) is 0 Å². The van der Waals surface area contributed by atoms with Crippen molar-refractivity contribution >= 4 is 5.82 Å². The van der Waals surface area contributed by atoms with E-state index in [1.807, 2.05) is 0 Å². The van der Waals surface area contributed by atoms with Crippen molar-refractivity contribution in [2.24, 2.45) is 0 Å². The molecular weight excluding hydrogens is 245 g/mol. The fourth-order valence-corrected chi connectivity index (χ4v) is 1.32. The van der Waals surface area contributed by atoms with E-state index in [0.29, 0.717) is 6.54 Å². The number of aromatic nitrogens is 3. The molecule has 2 aromatic rings. The van der Waals surface area contributed by atoms with E-state index >= 15 is 0 Å². The van der Waals surface area contributed by atoms with Crippen molar-refractivity contribution in [1.29, 1.82) is 0 Å². The summed E-state index contributed by atoms with van der Waals surface area (Å²) in [5.41, 5.74) is 0.0287. The topological polar surface area (TPSA) is 50.7 Å². The first kappa shape index (κ1) is 12.3. The molecule has 0 aromatic carbocycles. The van der Waals surface area contributed by atoms with Crippen molar-refractivity contribution in [2.75, 3.05) is 5.32 Å². The summed E-state index contributed by atoms with van der Waals surface area (Å²) >= 11 is 0. The van der Waals surface area contributed by atoms with Crippen LogP contribution < -0.4 is 5.32 Å². The number of halogens is 3. The smallest absolute Gasteiger partial charge is 0.366 e. The minimum Gasteiger partial charge on any atom is -0.366 e. The normalized spacial score (nSPS) is 11.3. The van der Waals surface area contributed by atoms with Crippen LogP contribution >= 0.6 is 0 Å². The van der Waals surface area contributed by atoms with Crippen molar-refractivity contribution < 1.29 is 13.2 Å². The van der Waals surface area contributed by atoms with Gasteiger partial charge in [-0.05, 0) is 12.1 Å². The number of hydrogen-bond acceptors (Lipinski definition) is 4. The maximum absolute atomic E-state index is 12.5. The highest BCUT2D eigenvalue weighted by molar-refractivity contribution is 5.39. The quantitative estimate of drug-likeness (QED) is 0.914. The van der Waals surface area contributed by atoms with Gasteiger partial charge in [-0.15, -0.1) is 0 Å². The van der Waals surface area contributed by atoms with E-state index in [-0.39, 0.29) is 5.82 Å². The Morgan fingerprint density at radius 3 is 2.56 bits per heavy atom.